The molecule has 0 aliphatic carbocycles. The van der Waals surface area contributed by atoms with Crippen LogP contribution in [0.5, 0.6) is 0 Å². The Morgan fingerprint density at radius 1 is 1.48 bits per heavy atom. The van der Waals surface area contributed by atoms with Gasteiger partial charge in [-0.15, -0.1) is 11.3 Å². The normalized spacial score (nSPS) is 26.9. The van der Waals surface area contributed by atoms with Gasteiger partial charge in [-0.05, 0) is 25.3 Å². The van der Waals surface area contributed by atoms with Crippen molar-refractivity contribution in [2.75, 3.05) is 17.7 Å². The molecule has 2 aliphatic heterocycles. The molecule has 2 aromatic rings. The number of thioether (sulfide) groups is 1. The molecule has 0 unspecified atom stereocenters. The Morgan fingerprint density at radius 2 is 2.28 bits per heavy atom. The largest absolute Gasteiger partial charge is 0.379 e. The number of carbonyl (C=O) groups is 1. The number of carbonyl (C=O) groups excluding carboxylic acids is 1. The van der Waals surface area contributed by atoms with Crippen molar-refractivity contribution >= 4 is 40.0 Å². The smallest absolute Gasteiger partial charge is 0.275 e. The van der Waals surface area contributed by atoms with Crippen LogP contribution in [0.15, 0.2) is 16.4 Å². The summed E-state index contributed by atoms with van der Waals surface area (Å²) in [5.74, 6) is 1.75. The number of amides is 1. The quantitative estimate of drug-likeness (QED) is 0.766. The van der Waals surface area contributed by atoms with E-state index in [0.717, 1.165) is 22.9 Å². The first-order chi connectivity index (χ1) is 13.8. The van der Waals surface area contributed by atoms with Crippen LogP contribution < -0.4 is 11.1 Å². The number of aromatic nitrogens is 3. The van der Waals surface area contributed by atoms with E-state index in [0.29, 0.717) is 29.2 Å². The molecule has 0 spiro atoms. The predicted molar refractivity (Wildman–Crippen MR) is 117 cm³/mol. The molecule has 0 saturated carbocycles. The van der Waals surface area contributed by atoms with Crippen molar-refractivity contribution in [1.29, 1.82) is 0 Å². The summed E-state index contributed by atoms with van der Waals surface area (Å²) < 4.78 is 7.55. The number of amidine groups is 1. The molecule has 3 N–H and O–H groups in total. The summed E-state index contributed by atoms with van der Waals surface area (Å²) in [6.45, 7) is 6.64. The van der Waals surface area contributed by atoms with Gasteiger partial charge in [0, 0.05) is 24.1 Å². The van der Waals surface area contributed by atoms with Crippen molar-refractivity contribution in [2.45, 2.75) is 44.8 Å². The molecule has 29 heavy (non-hydrogen) atoms. The van der Waals surface area contributed by atoms with Crippen LogP contribution in [-0.4, -0.2) is 44.3 Å². The van der Waals surface area contributed by atoms with Crippen LogP contribution >= 0.6 is 23.1 Å². The van der Waals surface area contributed by atoms with E-state index >= 15 is 0 Å². The average Bonchev–Trinajstić information content (AvgIpc) is 3.29. The summed E-state index contributed by atoms with van der Waals surface area (Å²) in [7, 11) is 1.77. The third-order valence-electron chi connectivity index (χ3n) is 5.46. The number of thiazole rings is 1. The number of nitrogens with two attached hydrogens (primary N) is 1. The molecule has 0 radical (unpaired) electrons. The fourth-order valence-electron chi connectivity index (χ4n) is 3.77. The Bertz CT molecular complexity index is 952. The summed E-state index contributed by atoms with van der Waals surface area (Å²) in [6.07, 6.45) is 1.11. The van der Waals surface area contributed by atoms with Gasteiger partial charge in [0.05, 0.1) is 18.4 Å². The maximum Gasteiger partial charge on any atom is 0.275 e. The van der Waals surface area contributed by atoms with E-state index in [1.165, 1.54) is 11.3 Å². The molecule has 3 atom stereocenters. The number of rotatable bonds is 4. The molecular weight excluding hydrogens is 408 g/mol. The molecule has 0 bridgehead atoms. The van der Waals surface area contributed by atoms with Gasteiger partial charge < -0.3 is 15.8 Å². The van der Waals surface area contributed by atoms with E-state index in [1.807, 2.05) is 25.3 Å². The lowest BCUT2D eigenvalue weighted by molar-refractivity contribution is -0.0466. The molecule has 10 heteroatoms. The Kier molecular flexibility index (Phi) is 5.43. The molecular formula is C19H26N6O2S2. The summed E-state index contributed by atoms with van der Waals surface area (Å²) >= 11 is 3.08. The van der Waals surface area contributed by atoms with Gasteiger partial charge in [0.1, 0.15) is 22.1 Å². The van der Waals surface area contributed by atoms with Crippen LogP contribution in [0.25, 0.3) is 0 Å². The SMILES string of the molecule is CC(C)c1cc(C(=O)Nc2csc([C@]34CO[C@@H](C)C[C@H]3CSC(N)=N4)n2)n(C)n1. The maximum atomic E-state index is 12.7. The Hall–Kier alpha value is -1.91. The second-order valence-electron chi connectivity index (χ2n) is 7.96. The number of nitrogens with one attached hydrogen (secondary N) is 1. The van der Waals surface area contributed by atoms with Crippen LogP contribution in [0.2, 0.25) is 0 Å². The van der Waals surface area contributed by atoms with E-state index in [9.17, 15) is 4.79 Å². The minimum absolute atomic E-state index is 0.197. The van der Waals surface area contributed by atoms with Crippen molar-refractivity contribution < 1.29 is 9.53 Å². The zero-order valence-electron chi connectivity index (χ0n) is 17.0. The van der Waals surface area contributed by atoms with Crippen LogP contribution in [0.3, 0.4) is 0 Å². The minimum atomic E-state index is -0.563. The number of aliphatic imine (C=N–C) groups is 1. The third-order valence-corrected chi connectivity index (χ3v) is 7.43. The zero-order chi connectivity index (χ0) is 20.8. The van der Waals surface area contributed by atoms with Crippen molar-refractivity contribution in [2.24, 2.45) is 23.7 Å². The highest BCUT2D eigenvalue weighted by Crippen LogP contribution is 2.47. The second kappa shape index (κ2) is 7.73. The Labute approximate surface area is 178 Å². The number of anilines is 1. The first kappa shape index (κ1) is 20.4. The molecule has 4 heterocycles. The molecule has 0 aromatic carbocycles. The summed E-state index contributed by atoms with van der Waals surface area (Å²) in [5.41, 5.74) is 6.89. The summed E-state index contributed by atoms with van der Waals surface area (Å²) in [6, 6.07) is 1.82. The van der Waals surface area contributed by atoms with E-state index in [2.05, 4.69) is 17.3 Å². The van der Waals surface area contributed by atoms with Gasteiger partial charge in [-0.1, -0.05) is 25.6 Å². The predicted octanol–water partition coefficient (Wildman–Crippen LogP) is 2.93. The highest BCUT2D eigenvalue weighted by molar-refractivity contribution is 8.13. The van der Waals surface area contributed by atoms with Gasteiger partial charge in [-0.2, -0.15) is 5.10 Å². The van der Waals surface area contributed by atoms with Crippen molar-refractivity contribution in [3.8, 4) is 0 Å². The molecule has 1 fully saturated rings. The number of aryl methyl sites for hydroxylation is 1. The highest BCUT2D eigenvalue weighted by atomic mass is 32.2. The first-order valence-electron chi connectivity index (χ1n) is 9.69. The van der Waals surface area contributed by atoms with Crippen molar-refractivity contribution in [3.05, 3.63) is 27.8 Å². The standard InChI is InChI=1S/C19H26N6O2S2/c1-10(2)13-6-14(25(4)24-13)16(26)21-15-8-28-17(22-15)19-9-27-11(3)5-12(19)7-29-18(20)23-19/h6,8,10-12H,5,7,9H2,1-4H3,(H2,20,23)(H,21,26)/t11-,12-,19-/m0/s1. The summed E-state index contributed by atoms with van der Waals surface area (Å²) in [4.78, 5) is 22.2. The van der Waals surface area contributed by atoms with Crippen LogP contribution in [0.1, 0.15) is 54.3 Å². The highest BCUT2D eigenvalue weighted by Gasteiger charge is 2.49. The maximum absolute atomic E-state index is 12.7. The zero-order valence-corrected chi connectivity index (χ0v) is 18.6. The average molecular weight is 435 g/mol. The molecule has 8 nitrogen and oxygen atoms in total. The number of nitrogens with zero attached hydrogens (tertiary/aromatic N) is 4. The first-order valence-corrected chi connectivity index (χ1v) is 11.6. The fraction of sp³-hybridized carbons (Fsp3) is 0.579. The van der Waals surface area contributed by atoms with Crippen LogP contribution in [0, 0.1) is 5.92 Å². The molecule has 2 aliphatic rings. The van der Waals surface area contributed by atoms with Gasteiger partial charge in [-0.3, -0.25) is 9.48 Å². The fourth-order valence-corrected chi connectivity index (χ4v) is 5.75. The summed E-state index contributed by atoms with van der Waals surface area (Å²) in [5, 5.41) is 10.6. The van der Waals surface area contributed by atoms with E-state index in [1.54, 1.807) is 23.5 Å². The van der Waals surface area contributed by atoms with Crippen molar-refractivity contribution in [3.63, 3.8) is 0 Å². The number of hydrogen-bond donors (Lipinski definition) is 2. The molecule has 2 aromatic heterocycles. The van der Waals surface area contributed by atoms with Gasteiger partial charge in [0.2, 0.25) is 0 Å². The van der Waals surface area contributed by atoms with Crippen LogP contribution in [-0.2, 0) is 17.3 Å². The minimum Gasteiger partial charge on any atom is -0.379 e. The molecule has 1 saturated heterocycles. The van der Waals surface area contributed by atoms with Gasteiger partial charge in [-0.25, -0.2) is 9.98 Å². The van der Waals surface area contributed by atoms with Crippen molar-refractivity contribution in [1.82, 2.24) is 14.8 Å². The number of hydrogen-bond acceptors (Lipinski definition) is 8. The topological polar surface area (TPSA) is 107 Å². The number of ether oxygens (including phenoxy) is 1. The lowest BCUT2D eigenvalue weighted by Gasteiger charge is -2.44. The van der Waals surface area contributed by atoms with Crippen LogP contribution in [0.4, 0.5) is 5.82 Å². The lowest BCUT2D eigenvalue weighted by atomic mass is 9.80. The Balaban J connectivity index is 1.58. The van der Waals surface area contributed by atoms with Gasteiger partial charge >= 0.3 is 0 Å². The molecule has 1 amide bonds. The van der Waals surface area contributed by atoms with E-state index < -0.39 is 5.54 Å². The third kappa shape index (κ3) is 3.80. The molecule has 4 rings (SSSR count). The monoisotopic (exact) mass is 434 g/mol. The van der Waals surface area contributed by atoms with Gasteiger partial charge in [0.15, 0.2) is 5.17 Å². The van der Waals surface area contributed by atoms with E-state index in [4.69, 9.17) is 20.4 Å². The Morgan fingerprint density at radius 3 is 3.00 bits per heavy atom. The lowest BCUT2D eigenvalue weighted by Crippen LogP contribution is -2.49. The molecule has 156 valence electrons. The second-order valence-corrected chi connectivity index (χ2v) is 9.86. The number of fused-ring (bicyclic) bond motifs is 1. The van der Waals surface area contributed by atoms with E-state index in [-0.39, 0.29) is 17.9 Å². The van der Waals surface area contributed by atoms with Gasteiger partial charge in [0.25, 0.3) is 5.91 Å².